The van der Waals surface area contributed by atoms with E-state index in [4.69, 9.17) is 4.74 Å². The summed E-state index contributed by atoms with van der Waals surface area (Å²) in [7, 11) is 0. The SMILES string of the molecule is CC(C)(C)OC(=O)C1=CCS[C@H]2[C@H](NC(=O)Cc3ccccc3)C(=O)N12. The van der Waals surface area contributed by atoms with Crippen molar-refractivity contribution in [1.29, 1.82) is 0 Å². The Bertz CT molecular complexity index is 755. The van der Waals surface area contributed by atoms with E-state index in [0.29, 0.717) is 5.75 Å². The lowest BCUT2D eigenvalue weighted by Crippen LogP contribution is -2.70. The summed E-state index contributed by atoms with van der Waals surface area (Å²) in [6, 6.07) is 8.75. The van der Waals surface area contributed by atoms with E-state index in [9.17, 15) is 14.4 Å². The second kappa shape index (κ2) is 7.15. The number of esters is 1. The van der Waals surface area contributed by atoms with Crippen molar-refractivity contribution in [3.63, 3.8) is 0 Å². The molecule has 2 atom stereocenters. The lowest BCUT2D eigenvalue weighted by molar-refractivity contribution is -0.158. The fourth-order valence-electron chi connectivity index (χ4n) is 2.87. The number of nitrogens with one attached hydrogen (secondary N) is 1. The number of fused-ring (bicyclic) bond motifs is 1. The van der Waals surface area contributed by atoms with Gasteiger partial charge in [0.25, 0.3) is 5.91 Å². The van der Waals surface area contributed by atoms with Gasteiger partial charge >= 0.3 is 5.97 Å². The van der Waals surface area contributed by atoms with Gasteiger partial charge in [-0.3, -0.25) is 14.5 Å². The third-order valence-electron chi connectivity index (χ3n) is 3.98. The third kappa shape index (κ3) is 3.93. The molecule has 26 heavy (non-hydrogen) atoms. The average molecular weight is 374 g/mol. The van der Waals surface area contributed by atoms with Crippen LogP contribution in [0.4, 0.5) is 0 Å². The minimum absolute atomic E-state index is 0.205. The first-order valence-corrected chi connectivity index (χ1v) is 9.52. The quantitative estimate of drug-likeness (QED) is 0.643. The zero-order chi connectivity index (χ0) is 18.9. The van der Waals surface area contributed by atoms with Gasteiger partial charge in [-0.15, -0.1) is 11.8 Å². The standard InChI is InChI=1S/C19H22N2O4S/c1-19(2,3)25-18(24)13-9-10-26-17-15(16(23)21(13)17)20-14(22)11-12-7-5-4-6-8-12/h4-9,15,17H,10-11H2,1-3H3,(H,20,22)/t15-,17+/m1/s1. The van der Waals surface area contributed by atoms with Gasteiger partial charge < -0.3 is 10.1 Å². The molecule has 1 fully saturated rings. The molecule has 0 saturated carbocycles. The molecule has 2 amide bonds. The summed E-state index contributed by atoms with van der Waals surface area (Å²) in [4.78, 5) is 38.5. The molecule has 1 aromatic carbocycles. The van der Waals surface area contributed by atoms with E-state index in [-0.39, 0.29) is 29.3 Å². The maximum Gasteiger partial charge on any atom is 0.355 e. The second-order valence-corrected chi connectivity index (χ2v) is 8.38. The molecular weight excluding hydrogens is 352 g/mol. The molecule has 6 nitrogen and oxygen atoms in total. The Morgan fingerprint density at radius 3 is 2.62 bits per heavy atom. The van der Waals surface area contributed by atoms with Crippen molar-refractivity contribution in [3.05, 3.63) is 47.7 Å². The average Bonchev–Trinajstić information content (AvgIpc) is 2.58. The molecule has 1 saturated heterocycles. The van der Waals surface area contributed by atoms with E-state index < -0.39 is 17.6 Å². The van der Waals surface area contributed by atoms with Crippen LogP contribution < -0.4 is 5.32 Å². The Hall–Kier alpha value is -2.28. The van der Waals surface area contributed by atoms with Gasteiger partial charge in [0.05, 0.1) is 6.42 Å². The Labute approximate surface area is 157 Å². The van der Waals surface area contributed by atoms with Gasteiger partial charge in [-0.05, 0) is 32.4 Å². The van der Waals surface area contributed by atoms with Crippen molar-refractivity contribution in [1.82, 2.24) is 10.2 Å². The molecule has 1 N–H and O–H groups in total. The van der Waals surface area contributed by atoms with Crippen molar-refractivity contribution in [2.75, 3.05) is 5.75 Å². The van der Waals surface area contributed by atoms with E-state index in [1.807, 2.05) is 30.3 Å². The van der Waals surface area contributed by atoms with Crippen molar-refractivity contribution >= 4 is 29.5 Å². The van der Waals surface area contributed by atoms with Crippen LogP contribution in [-0.4, -0.2) is 45.5 Å². The van der Waals surface area contributed by atoms with Crippen LogP contribution in [0.3, 0.4) is 0 Å². The molecule has 3 rings (SSSR count). The Morgan fingerprint density at radius 1 is 1.27 bits per heavy atom. The largest absolute Gasteiger partial charge is 0.455 e. The molecule has 7 heteroatoms. The van der Waals surface area contributed by atoms with Crippen LogP contribution in [0, 0.1) is 0 Å². The lowest BCUT2D eigenvalue weighted by atomic mass is 10.0. The number of ether oxygens (including phenoxy) is 1. The van der Waals surface area contributed by atoms with Crippen LogP contribution in [0.2, 0.25) is 0 Å². The Kier molecular flexibility index (Phi) is 5.09. The summed E-state index contributed by atoms with van der Waals surface area (Å²) < 4.78 is 5.38. The van der Waals surface area contributed by atoms with Crippen LogP contribution in [0.1, 0.15) is 26.3 Å². The topological polar surface area (TPSA) is 75.7 Å². The fraction of sp³-hybridized carbons (Fsp3) is 0.421. The first-order valence-electron chi connectivity index (χ1n) is 8.48. The van der Waals surface area contributed by atoms with Gasteiger partial charge in [0.2, 0.25) is 5.91 Å². The smallest absolute Gasteiger partial charge is 0.355 e. The minimum atomic E-state index is -0.630. The maximum absolute atomic E-state index is 12.5. The van der Waals surface area contributed by atoms with E-state index in [1.165, 1.54) is 16.7 Å². The van der Waals surface area contributed by atoms with Crippen LogP contribution >= 0.6 is 11.8 Å². The predicted octanol–water partition coefficient (Wildman–Crippen LogP) is 1.85. The van der Waals surface area contributed by atoms with Gasteiger partial charge in [-0.2, -0.15) is 0 Å². The van der Waals surface area contributed by atoms with Gasteiger partial charge in [0, 0.05) is 5.75 Å². The zero-order valence-electron chi connectivity index (χ0n) is 15.0. The molecule has 0 aliphatic carbocycles. The Morgan fingerprint density at radius 2 is 1.96 bits per heavy atom. The first kappa shape index (κ1) is 18.5. The third-order valence-corrected chi connectivity index (χ3v) is 5.16. The normalized spacial score (nSPS) is 22.0. The minimum Gasteiger partial charge on any atom is -0.455 e. The second-order valence-electron chi connectivity index (χ2n) is 7.23. The highest BCUT2D eigenvalue weighted by Crippen LogP contribution is 2.38. The highest BCUT2D eigenvalue weighted by molar-refractivity contribution is 8.00. The number of carbonyl (C=O) groups excluding carboxylic acids is 3. The van der Waals surface area contributed by atoms with E-state index in [0.717, 1.165) is 5.56 Å². The summed E-state index contributed by atoms with van der Waals surface area (Å²) in [5.41, 5.74) is 0.524. The number of carbonyl (C=O) groups is 3. The molecule has 2 heterocycles. The van der Waals surface area contributed by atoms with Crippen molar-refractivity contribution in [3.8, 4) is 0 Å². The van der Waals surface area contributed by atoms with E-state index in [1.54, 1.807) is 26.8 Å². The monoisotopic (exact) mass is 374 g/mol. The van der Waals surface area contributed by atoms with Crippen LogP contribution in [0.15, 0.2) is 42.1 Å². The maximum atomic E-state index is 12.5. The number of amides is 2. The summed E-state index contributed by atoms with van der Waals surface area (Å²) in [5.74, 6) is -0.400. The first-order chi connectivity index (χ1) is 12.3. The predicted molar refractivity (Wildman–Crippen MR) is 99.1 cm³/mol. The molecule has 0 unspecified atom stereocenters. The highest BCUT2D eigenvalue weighted by atomic mass is 32.2. The number of nitrogens with zero attached hydrogens (tertiary/aromatic N) is 1. The molecule has 0 radical (unpaired) electrons. The molecule has 2 aliphatic rings. The number of hydrogen-bond acceptors (Lipinski definition) is 5. The van der Waals surface area contributed by atoms with Crippen LogP contribution in [0.5, 0.6) is 0 Å². The summed E-state index contributed by atoms with van der Waals surface area (Å²) in [5, 5.41) is 2.52. The van der Waals surface area contributed by atoms with Crippen molar-refractivity contribution in [2.45, 2.75) is 44.2 Å². The lowest BCUT2D eigenvalue weighted by Gasteiger charge is -2.48. The highest BCUT2D eigenvalue weighted by Gasteiger charge is 2.53. The molecule has 138 valence electrons. The van der Waals surface area contributed by atoms with Crippen LogP contribution in [0.25, 0.3) is 0 Å². The number of β-lactam (4-membered cyclic amide) rings is 1. The number of thioether (sulfide) groups is 1. The van der Waals surface area contributed by atoms with Gasteiger partial charge in [-0.25, -0.2) is 4.79 Å². The summed E-state index contributed by atoms with van der Waals surface area (Å²) in [6.07, 6.45) is 1.92. The van der Waals surface area contributed by atoms with E-state index in [2.05, 4.69) is 5.32 Å². The molecule has 1 aromatic rings. The number of rotatable bonds is 4. The van der Waals surface area contributed by atoms with Crippen LogP contribution in [-0.2, 0) is 25.5 Å². The molecule has 0 bridgehead atoms. The Balaban J connectivity index is 1.62. The van der Waals surface area contributed by atoms with E-state index >= 15 is 0 Å². The summed E-state index contributed by atoms with van der Waals surface area (Å²) >= 11 is 1.52. The molecule has 2 aliphatic heterocycles. The van der Waals surface area contributed by atoms with Crippen molar-refractivity contribution < 1.29 is 19.1 Å². The summed E-state index contributed by atoms with van der Waals surface area (Å²) in [6.45, 7) is 5.35. The fourth-order valence-corrected chi connectivity index (χ4v) is 4.06. The zero-order valence-corrected chi connectivity index (χ0v) is 15.8. The van der Waals surface area contributed by atoms with Gasteiger partial charge in [0.1, 0.15) is 22.7 Å². The van der Waals surface area contributed by atoms with Crippen molar-refractivity contribution in [2.24, 2.45) is 0 Å². The molecule has 0 spiro atoms. The molecular formula is C19H22N2O4S. The number of benzene rings is 1. The number of hydrogen-bond donors (Lipinski definition) is 1. The molecule has 0 aromatic heterocycles. The van der Waals surface area contributed by atoms with Gasteiger partial charge in [0.15, 0.2) is 0 Å². The van der Waals surface area contributed by atoms with Gasteiger partial charge in [-0.1, -0.05) is 30.3 Å².